The molecule has 7 nitrogen and oxygen atoms in total. The first kappa shape index (κ1) is 11.2. The fourth-order valence-corrected chi connectivity index (χ4v) is 1.29. The van der Waals surface area contributed by atoms with E-state index in [1.165, 1.54) is 10.9 Å². The molecule has 7 heteroatoms. The van der Waals surface area contributed by atoms with Crippen LogP contribution in [0.3, 0.4) is 0 Å². The summed E-state index contributed by atoms with van der Waals surface area (Å²) in [7, 11) is 0. The monoisotopic (exact) mass is 233 g/mol. The minimum absolute atomic E-state index is 0.00747. The first-order valence-electron chi connectivity index (χ1n) is 4.98. The van der Waals surface area contributed by atoms with Crippen LogP contribution < -0.4 is 5.32 Å². The number of aliphatic hydroxyl groups excluding tert-OH is 1. The van der Waals surface area contributed by atoms with Gasteiger partial charge in [0, 0.05) is 6.20 Å². The maximum atomic E-state index is 11.6. The highest BCUT2D eigenvalue weighted by Gasteiger charge is 2.08. The molecular weight excluding hydrogens is 222 g/mol. The smallest absolute Gasteiger partial charge is 0.247 e. The van der Waals surface area contributed by atoms with Crippen molar-refractivity contribution in [3.8, 4) is 0 Å². The quantitative estimate of drug-likeness (QED) is 0.763. The first-order chi connectivity index (χ1) is 8.29. The predicted octanol–water partition coefficient (Wildman–Crippen LogP) is -0.196. The number of rotatable bonds is 4. The average Bonchev–Trinajstić information content (AvgIpc) is 2.77. The van der Waals surface area contributed by atoms with Gasteiger partial charge in [-0.3, -0.25) is 4.79 Å². The summed E-state index contributed by atoms with van der Waals surface area (Å²) in [5.74, 6) is 0.201. The molecule has 17 heavy (non-hydrogen) atoms. The van der Waals surface area contributed by atoms with E-state index < -0.39 is 0 Å². The van der Waals surface area contributed by atoms with Gasteiger partial charge in [0.15, 0.2) is 0 Å². The second-order valence-corrected chi connectivity index (χ2v) is 3.30. The van der Waals surface area contributed by atoms with Gasteiger partial charge in [-0.25, -0.2) is 9.67 Å². The number of aromatic nitrogens is 4. The molecule has 2 heterocycles. The molecule has 2 aromatic rings. The topological polar surface area (TPSA) is 92.9 Å². The van der Waals surface area contributed by atoms with Crippen molar-refractivity contribution in [3.05, 3.63) is 36.3 Å². The highest BCUT2D eigenvalue weighted by atomic mass is 16.3. The van der Waals surface area contributed by atoms with Crippen molar-refractivity contribution < 1.29 is 9.90 Å². The van der Waals surface area contributed by atoms with Gasteiger partial charge in [0.1, 0.15) is 12.4 Å². The lowest BCUT2D eigenvalue weighted by Gasteiger charge is -2.05. The lowest BCUT2D eigenvalue weighted by molar-refractivity contribution is -0.117. The van der Waals surface area contributed by atoms with Crippen LogP contribution >= 0.6 is 0 Å². The van der Waals surface area contributed by atoms with Gasteiger partial charge in [0.2, 0.25) is 5.91 Å². The van der Waals surface area contributed by atoms with Crippen molar-refractivity contribution in [1.82, 2.24) is 20.0 Å². The van der Waals surface area contributed by atoms with Crippen LogP contribution in [0.5, 0.6) is 0 Å². The Labute approximate surface area is 97.1 Å². The van der Waals surface area contributed by atoms with Gasteiger partial charge in [-0.2, -0.15) is 0 Å². The summed E-state index contributed by atoms with van der Waals surface area (Å²) in [4.78, 5) is 15.6. The molecule has 2 N–H and O–H groups in total. The molecule has 0 aromatic carbocycles. The summed E-state index contributed by atoms with van der Waals surface area (Å²) in [6, 6.07) is 5.22. The normalized spacial score (nSPS) is 10.2. The summed E-state index contributed by atoms with van der Waals surface area (Å²) in [6.45, 7) is -0.212. The summed E-state index contributed by atoms with van der Waals surface area (Å²) in [5.41, 5.74) is 0.487. The lowest BCUT2D eigenvalue weighted by Crippen LogP contribution is -2.21. The molecule has 0 aliphatic heterocycles. The van der Waals surface area contributed by atoms with E-state index >= 15 is 0 Å². The molecule has 2 rings (SSSR count). The van der Waals surface area contributed by atoms with E-state index in [1.807, 2.05) is 0 Å². The molecule has 0 fully saturated rings. The highest BCUT2D eigenvalue weighted by molar-refractivity contribution is 5.89. The van der Waals surface area contributed by atoms with Crippen LogP contribution in [-0.2, 0) is 17.9 Å². The summed E-state index contributed by atoms with van der Waals surface area (Å²) < 4.78 is 1.33. The number of nitrogens with one attached hydrogen (secondary N) is 1. The van der Waals surface area contributed by atoms with Crippen molar-refractivity contribution in [2.24, 2.45) is 0 Å². The summed E-state index contributed by atoms with van der Waals surface area (Å²) in [5, 5.41) is 18.9. The van der Waals surface area contributed by atoms with Crippen LogP contribution in [0.4, 0.5) is 5.82 Å². The van der Waals surface area contributed by atoms with Crippen molar-refractivity contribution in [3.63, 3.8) is 0 Å². The Balaban J connectivity index is 1.98. The Morgan fingerprint density at radius 2 is 2.35 bits per heavy atom. The second kappa shape index (κ2) is 5.17. The summed E-state index contributed by atoms with van der Waals surface area (Å²) >= 11 is 0. The minimum Gasteiger partial charge on any atom is -0.390 e. The molecule has 0 bridgehead atoms. The molecule has 0 aliphatic carbocycles. The van der Waals surface area contributed by atoms with Crippen LogP contribution in [0.15, 0.2) is 30.6 Å². The van der Waals surface area contributed by atoms with E-state index in [1.54, 1.807) is 24.4 Å². The van der Waals surface area contributed by atoms with Gasteiger partial charge in [-0.15, -0.1) is 5.10 Å². The maximum Gasteiger partial charge on any atom is 0.247 e. The third kappa shape index (κ3) is 2.85. The zero-order valence-corrected chi connectivity index (χ0v) is 8.95. The van der Waals surface area contributed by atoms with Gasteiger partial charge in [-0.1, -0.05) is 11.3 Å². The fourth-order valence-electron chi connectivity index (χ4n) is 1.29. The Kier molecular flexibility index (Phi) is 3.41. The molecule has 0 unspecified atom stereocenters. The molecule has 0 atom stereocenters. The van der Waals surface area contributed by atoms with Gasteiger partial charge in [0.25, 0.3) is 0 Å². The number of amides is 1. The number of anilines is 1. The van der Waals surface area contributed by atoms with E-state index in [-0.39, 0.29) is 19.1 Å². The number of aliphatic hydroxyl groups is 1. The number of nitrogens with zero attached hydrogens (tertiary/aromatic N) is 4. The molecule has 0 radical (unpaired) electrons. The van der Waals surface area contributed by atoms with Gasteiger partial charge >= 0.3 is 0 Å². The Morgan fingerprint density at radius 3 is 3.06 bits per heavy atom. The highest BCUT2D eigenvalue weighted by Crippen LogP contribution is 2.01. The van der Waals surface area contributed by atoms with E-state index in [0.29, 0.717) is 11.5 Å². The molecule has 2 aromatic heterocycles. The SMILES string of the molecule is O=C(Cn1nncc1CO)Nc1ccccn1. The van der Waals surface area contributed by atoms with Crippen molar-refractivity contribution in [2.75, 3.05) is 5.32 Å². The maximum absolute atomic E-state index is 11.6. The molecule has 1 amide bonds. The fraction of sp³-hybridized carbons (Fsp3) is 0.200. The number of carbonyl (C=O) groups is 1. The summed E-state index contributed by atoms with van der Waals surface area (Å²) in [6.07, 6.45) is 3.00. The molecule has 88 valence electrons. The van der Waals surface area contributed by atoms with Crippen LogP contribution in [0.25, 0.3) is 0 Å². The van der Waals surface area contributed by atoms with Gasteiger partial charge < -0.3 is 10.4 Å². The van der Waals surface area contributed by atoms with Gasteiger partial charge in [0.05, 0.1) is 18.5 Å². The van der Waals surface area contributed by atoms with E-state index in [4.69, 9.17) is 5.11 Å². The molecule has 0 saturated heterocycles. The number of hydrogen-bond donors (Lipinski definition) is 2. The molecule has 0 spiro atoms. The van der Waals surface area contributed by atoms with E-state index in [0.717, 1.165) is 0 Å². The van der Waals surface area contributed by atoms with E-state index in [2.05, 4.69) is 20.6 Å². The number of carbonyl (C=O) groups excluding carboxylic acids is 1. The number of hydrogen-bond acceptors (Lipinski definition) is 5. The molecular formula is C10H11N5O2. The Morgan fingerprint density at radius 1 is 1.47 bits per heavy atom. The predicted molar refractivity (Wildman–Crippen MR) is 58.8 cm³/mol. The third-order valence-electron chi connectivity index (χ3n) is 2.09. The molecule has 0 aliphatic rings. The molecule has 0 saturated carbocycles. The van der Waals surface area contributed by atoms with E-state index in [9.17, 15) is 4.79 Å². The van der Waals surface area contributed by atoms with Crippen LogP contribution in [-0.4, -0.2) is 31.0 Å². The van der Waals surface area contributed by atoms with Crippen molar-refractivity contribution >= 4 is 11.7 Å². The Hall–Kier alpha value is -2.28. The number of pyridine rings is 1. The lowest BCUT2D eigenvalue weighted by atomic mass is 10.4. The van der Waals surface area contributed by atoms with Gasteiger partial charge in [-0.05, 0) is 12.1 Å². The van der Waals surface area contributed by atoms with Crippen LogP contribution in [0, 0.1) is 0 Å². The standard InChI is InChI=1S/C10H11N5O2/c16-7-8-5-12-14-15(8)6-10(17)13-9-3-1-2-4-11-9/h1-5,16H,6-7H2,(H,11,13,17). The first-order valence-corrected chi connectivity index (χ1v) is 4.98. The zero-order valence-electron chi connectivity index (χ0n) is 8.95. The zero-order chi connectivity index (χ0) is 12.1. The van der Waals surface area contributed by atoms with Crippen molar-refractivity contribution in [2.45, 2.75) is 13.2 Å². The second-order valence-electron chi connectivity index (χ2n) is 3.30. The van der Waals surface area contributed by atoms with Crippen LogP contribution in [0.2, 0.25) is 0 Å². The minimum atomic E-state index is -0.274. The third-order valence-corrected chi connectivity index (χ3v) is 2.09. The van der Waals surface area contributed by atoms with Crippen molar-refractivity contribution in [1.29, 1.82) is 0 Å². The average molecular weight is 233 g/mol. The largest absolute Gasteiger partial charge is 0.390 e. The Bertz CT molecular complexity index is 496. The van der Waals surface area contributed by atoms with Crippen LogP contribution in [0.1, 0.15) is 5.69 Å².